The Bertz CT molecular complexity index is 1760. The minimum atomic E-state index is -4.59. The molecule has 3 N–H and O–H groups in total. The fourth-order valence-electron chi connectivity index (χ4n) is 4.32. The highest BCUT2D eigenvalue weighted by atomic mass is 35.5. The number of amides is 3. The van der Waals surface area contributed by atoms with Crippen molar-refractivity contribution in [2.45, 2.75) is 29.7 Å². The average molecular weight is 681 g/mol. The number of hydrogen-bond donors (Lipinski definition) is 3. The standard InChI is InChI=1S/C35H32ClF3N4O3S/c1-4-31(34(46)41-29-20-24(35(37,38)39)15-18-28(29)36)47-27-12-8-11-25(21-27)40-33(45)30(42-32(44)23-9-6-5-7-10-23)19-22-13-16-26(17-14-22)43(2)3/h5-21,31H,4H2,1-3H3,(H,40,45)(H,41,46)(H,42,44)/b30-19+. The van der Waals surface area contributed by atoms with Crippen molar-refractivity contribution in [3.63, 3.8) is 0 Å². The Morgan fingerprint density at radius 1 is 0.894 bits per heavy atom. The van der Waals surface area contributed by atoms with E-state index in [0.717, 1.165) is 23.9 Å². The number of carbonyl (C=O) groups excluding carboxylic acids is 3. The van der Waals surface area contributed by atoms with Crippen LogP contribution >= 0.6 is 23.4 Å². The Morgan fingerprint density at radius 3 is 2.23 bits per heavy atom. The molecule has 0 saturated heterocycles. The third kappa shape index (κ3) is 9.87. The second-order valence-electron chi connectivity index (χ2n) is 10.5. The first-order valence-electron chi connectivity index (χ1n) is 14.4. The highest BCUT2D eigenvalue weighted by Crippen LogP contribution is 2.35. The molecule has 3 amide bonds. The molecule has 0 heterocycles. The molecule has 0 saturated carbocycles. The molecule has 4 aromatic carbocycles. The SMILES string of the molecule is CCC(Sc1cccc(NC(=O)/C(=C\c2ccc(N(C)C)cc2)NC(=O)c2ccccc2)c1)C(=O)Nc1cc(C(F)(F)F)ccc1Cl. The molecular weight excluding hydrogens is 649 g/mol. The first-order chi connectivity index (χ1) is 22.3. The van der Waals surface area contributed by atoms with Gasteiger partial charge in [0.15, 0.2) is 0 Å². The summed E-state index contributed by atoms with van der Waals surface area (Å²) >= 11 is 7.25. The maximum atomic E-state index is 13.5. The van der Waals surface area contributed by atoms with Gasteiger partial charge in [0.25, 0.3) is 11.8 Å². The summed E-state index contributed by atoms with van der Waals surface area (Å²) in [7, 11) is 3.83. The molecule has 0 aromatic heterocycles. The van der Waals surface area contributed by atoms with Crippen LogP contribution in [0.25, 0.3) is 6.08 Å². The molecule has 1 atom stereocenters. The fraction of sp³-hybridized carbons (Fsp3) is 0.171. The van der Waals surface area contributed by atoms with Crippen molar-refractivity contribution in [1.29, 1.82) is 0 Å². The van der Waals surface area contributed by atoms with Crippen molar-refractivity contribution >= 4 is 64.2 Å². The molecule has 0 aliphatic rings. The molecule has 4 rings (SSSR count). The van der Waals surface area contributed by atoms with Gasteiger partial charge in [-0.3, -0.25) is 14.4 Å². The highest BCUT2D eigenvalue weighted by molar-refractivity contribution is 8.00. The van der Waals surface area contributed by atoms with Crippen molar-refractivity contribution in [2.24, 2.45) is 0 Å². The Balaban J connectivity index is 1.51. The number of alkyl halides is 3. The van der Waals surface area contributed by atoms with Crippen LogP contribution in [-0.2, 0) is 15.8 Å². The van der Waals surface area contributed by atoms with E-state index >= 15 is 0 Å². The summed E-state index contributed by atoms with van der Waals surface area (Å²) < 4.78 is 39.6. The van der Waals surface area contributed by atoms with E-state index in [4.69, 9.17) is 11.6 Å². The van der Waals surface area contributed by atoms with Gasteiger partial charge in [0.05, 0.1) is 21.5 Å². The van der Waals surface area contributed by atoms with E-state index in [2.05, 4.69) is 16.0 Å². The zero-order valence-corrected chi connectivity index (χ0v) is 27.3. The van der Waals surface area contributed by atoms with Gasteiger partial charge in [0.2, 0.25) is 5.91 Å². The molecule has 12 heteroatoms. The lowest BCUT2D eigenvalue weighted by Crippen LogP contribution is -2.30. The molecule has 4 aromatic rings. The maximum absolute atomic E-state index is 13.5. The van der Waals surface area contributed by atoms with Gasteiger partial charge in [-0.1, -0.05) is 54.9 Å². The van der Waals surface area contributed by atoms with E-state index in [0.29, 0.717) is 28.1 Å². The summed E-state index contributed by atoms with van der Waals surface area (Å²) in [5.74, 6) is -1.56. The van der Waals surface area contributed by atoms with Gasteiger partial charge in [-0.05, 0) is 78.7 Å². The van der Waals surface area contributed by atoms with Crippen LogP contribution in [0, 0.1) is 0 Å². The second-order valence-corrected chi connectivity index (χ2v) is 12.2. The van der Waals surface area contributed by atoms with E-state index in [9.17, 15) is 27.6 Å². The summed E-state index contributed by atoms with van der Waals surface area (Å²) in [5, 5.41) is 7.33. The zero-order valence-electron chi connectivity index (χ0n) is 25.7. The van der Waals surface area contributed by atoms with Crippen LogP contribution in [0.4, 0.5) is 30.2 Å². The summed E-state index contributed by atoms with van der Waals surface area (Å²) in [5.41, 5.74) is 1.38. The number of rotatable bonds is 11. The topological polar surface area (TPSA) is 90.5 Å². The predicted octanol–water partition coefficient (Wildman–Crippen LogP) is 8.34. The summed E-state index contributed by atoms with van der Waals surface area (Å²) in [6.45, 7) is 1.77. The van der Waals surface area contributed by atoms with Crippen LogP contribution in [0.3, 0.4) is 0 Å². The first-order valence-corrected chi connectivity index (χ1v) is 15.7. The van der Waals surface area contributed by atoms with Crippen LogP contribution in [0.2, 0.25) is 5.02 Å². The number of benzene rings is 4. The van der Waals surface area contributed by atoms with Gasteiger partial charge in [-0.2, -0.15) is 13.2 Å². The summed E-state index contributed by atoms with van der Waals surface area (Å²) in [4.78, 5) is 42.2. The Labute approximate surface area is 280 Å². The van der Waals surface area contributed by atoms with Crippen LogP contribution in [-0.4, -0.2) is 37.1 Å². The monoisotopic (exact) mass is 680 g/mol. The third-order valence-corrected chi connectivity index (χ3v) is 8.52. The highest BCUT2D eigenvalue weighted by Gasteiger charge is 2.31. The molecule has 0 fully saturated rings. The average Bonchev–Trinajstić information content (AvgIpc) is 3.04. The first kappa shape index (κ1) is 35.1. The van der Waals surface area contributed by atoms with Gasteiger partial charge in [-0.25, -0.2) is 0 Å². The second kappa shape index (κ2) is 15.7. The Hall–Kier alpha value is -4.74. The van der Waals surface area contributed by atoms with Crippen LogP contribution in [0.5, 0.6) is 0 Å². The minimum absolute atomic E-state index is 0.0123. The molecule has 1 unspecified atom stereocenters. The summed E-state index contributed by atoms with van der Waals surface area (Å²) in [6.07, 6.45) is -2.66. The zero-order chi connectivity index (χ0) is 34.1. The van der Waals surface area contributed by atoms with Gasteiger partial charge in [0.1, 0.15) is 5.70 Å². The number of anilines is 3. The Kier molecular flexibility index (Phi) is 11.7. The van der Waals surface area contributed by atoms with Crippen molar-refractivity contribution < 1.29 is 27.6 Å². The lowest BCUT2D eigenvalue weighted by Gasteiger charge is -2.17. The van der Waals surface area contributed by atoms with Crippen molar-refractivity contribution in [3.05, 3.63) is 124 Å². The summed E-state index contributed by atoms with van der Waals surface area (Å²) in [6, 6.07) is 25.4. The number of carbonyl (C=O) groups is 3. The van der Waals surface area contributed by atoms with E-state index < -0.39 is 34.7 Å². The number of hydrogen-bond acceptors (Lipinski definition) is 5. The van der Waals surface area contributed by atoms with Crippen molar-refractivity contribution in [2.75, 3.05) is 29.6 Å². The van der Waals surface area contributed by atoms with E-state index in [1.165, 1.54) is 11.8 Å². The van der Waals surface area contributed by atoms with Crippen LogP contribution < -0.4 is 20.9 Å². The predicted molar refractivity (Wildman–Crippen MR) is 183 cm³/mol. The number of thioether (sulfide) groups is 1. The third-order valence-electron chi connectivity index (χ3n) is 6.83. The number of nitrogens with one attached hydrogen (secondary N) is 3. The van der Waals surface area contributed by atoms with Gasteiger partial charge in [-0.15, -0.1) is 11.8 Å². The number of halogens is 4. The number of nitrogens with zero attached hydrogens (tertiary/aromatic N) is 1. The molecule has 7 nitrogen and oxygen atoms in total. The molecule has 0 spiro atoms. The van der Waals surface area contributed by atoms with Crippen LogP contribution in [0.1, 0.15) is 34.8 Å². The van der Waals surface area contributed by atoms with Crippen molar-refractivity contribution in [3.8, 4) is 0 Å². The maximum Gasteiger partial charge on any atom is 0.416 e. The molecule has 0 aliphatic carbocycles. The Morgan fingerprint density at radius 2 is 1.60 bits per heavy atom. The molecule has 0 bridgehead atoms. The van der Waals surface area contributed by atoms with E-state index in [-0.39, 0.29) is 16.4 Å². The van der Waals surface area contributed by atoms with Gasteiger partial charge in [0, 0.05) is 35.9 Å². The quantitative estimate of drug-likeness (QED) is 0.109. The fourth-order valence-corrected chi connectivity index (χ4v) is 5.50. The molecule has 47 heavy (non-hydrogen) atoms. The molecular formula is C35H32ClF3N4O3S. The van der Waals surface area contributed by atoms with E-state index in [1.54, 1.807) is 67.6 Å². The molecule has 0 radical (unpaired) electrons. The van der Waals surface area contributed by atoms with Crippen LogP contribution in [0.15, 0.2) is 108 Å². The normalized spacial score (nSPS) is 12.2. The smallest absolute Gasteiger partial charge is 0.378 e. The van der Waals surface area contributed by atoms with Crippen molar-refractivity contribution in [1.82, 2.24) is 5.32 Å². The molecule has 0 aliphatic heterocycles. The van der Waals surface area contributed by atoms with Gasteiger partial charge < -0.3 is 20.9 Å². The van der Waals surface area contributed by atoms with E-state index in [1.807, 2.05) is 43.3 Å². The largest absolute Gasteiger partial charge is 0.416 e. The minimum Gasteiger partial charge on any atom is -0.378 e. The lowest BCUT2D eigenvalue weighted by atomic mass is 10.1. The lowest BCUT2D eigenvalue weighted by molar-refractivity contribution is -0.137. The molecule has 244 valence electrons. The van der Waals surface area contributed by atoms with Gasteiger partial charge >= 0.3 is 6.18 Å².